The predicted molar refractivity (Wildman–Crippen MR) is 118 cm³/mol. The molecule has 0 bridgehead atoms. The van der Waals surface area contributed by atoms with Crippen molar-refractivity contribution in [3.8, 4) is 0 Å². The highest BCUT2D eigenvalue weighted by molar-refractivity contribution is 5.81. The van der Waals surface area contributed by atoms with Crippen LogP contribution in [0.5, 0.6) is 0 Å². The van der Waals surface area contributed by atoms with Crippen molar-refractivity contribution in [2.75, 3.05) is 0 Å². The van der Waals surface area contributed by atoms with Crippen molar-refractivity contribution >= 4 is 11.8 Å². The van der Waals surface area contributed by atoms with Gasteiger partial charge in [0.2, 0.25) is 0 Å². The van der Waals surface area contributed by atoms with E-state index in [2.05, 4.69) is 39.0 Å². The highest BCUT2D eigenvalue weighted by atomic mass is 16.4. The van der Waals surface area contributed by atoms with Gasteiger partial charge in [0.15, 0.2) is 0 Å². The summed E-state index contributed by atoms with van der Waals surface area (Å²) in [6, 6.07) is 0. The average molecular weight is 421 g/mol. The van der Waals surface area contributed by atoms with Crippen molar-refractivity contribution in [1.82, 2.24) is 0 Å². The molecular formula is C25H40O5. The number of carbonyl (C=O) groups is 2. The molecule has 5 nitrogen and oxygen atoms in total. The van der Waals surface area contributed by atoms with E-state index in [-0.39, 0.29) is 41.9 Å². The van der Waals surface area contributed by atoms with E-state index in [0.29, 0.717) is 24.5 Å². The Balaban J connectivity index is 2.27. The zero-order valence-electron chi connectivity index (χ0n) is 19.2. The predicted octanol–water partition coefficient (Wildman–Crippen LogP) is 4.38. The zero-order chi connectivity index (χ0) is 22.6. The van der Waals surface area contributed by atoms with Crippen LogP contribution in [0.25, 0.3) is 0 Å². The van der Waals surface area contributed by atoms with Gasteiger partial charge in [0, 0.05) is 12.3 Å². The Labute approximate surface area is 181 Å². The first-order valence-electron chi connectivity index (χ1n) is 11.5. The van der Waals surface area contributed by atoms with Crippen LogP contribution in [0.4, 0.5) is 0 Å². The second-order valence-electron chi connectivity index (χ2n) is 10.00. The minimum absolute atomic E-state index is 0.0568. The molecule has 0 spiro atoms. The molecule has 0 aromatic heterocycles. The summed E-state index contributed by atoms with van der Waals surface area (Å²) in [7, 11) is 0. The van der Waals surface area contributed by atoms with E-state index in [9.17, 15) is 19.8 Å². The molecule has 2 rings (SSSR count). The third kappa shape index (κ3) is 5.61. The van der Waals surface area contributed by atoms with Gasteiger partial charge in [-0.3, -0.25) is 9.59 Å². The smallest absolute Gasteiger partial charge is 0.305 e. The van der Waals surface area contributed by atoms with Gasteiger partial charge in [-0.1, -0.05) is 52.8 Å². The molecular weight excluding hydrogens is 380 g/mol. The number of carboxylic acids is 1. The lowest BCUT2D eigenvalue weighted by Crippen LogP contribution is -2.46. The van der Waals surface area contributed by atoms with E-state index in [0.717, 1.165) is 12.8 Å². The molecule has 1 unspecified atom stereocenters. The van der Waals surface area contributed by atoms with Crippen LogP contribution in [0.15, 0.2) is 23.8 Å². The molecule has 170 valence electrons. The van der Waals surface area contributed by atoms with Crippen molar-refractivity contribution < 1.29 is 24.9 Å². The number of hydrogen-bond acceptors (Lipinski definition) is 4. The molecule has 2 aliphatic carbocycles. The third-order valence-electron chi connectivity index (χ3n) is 7.66. The fourth-order valence-electron chi connectivity index (χ4n) is 5.59. The van der Waals surface area contributed by atoms with Gasteiger partial charge in [-0.25, -0.2) is 0 Å². The molecule has 30 heavy (non-hydrogen) atoms. The molecule has 0 aromatic carbocycles. The second kappa shape index (κ2) is 10.2. The fraction of sp³-hybridized carbons (Fsp3) is 0.760. The van der Waals surface area contributed by atoms with Crippen LogP contribution in [0.3, 0.4) is 0 Å². The molecule has 8 atom stereocenters. The first kappa shape index (κ1) is 24.8. The quantitative estimate of drug-likeness (QED) is 0.487. The fourth-order valence-corrected chi connectivity index (χ4v) is 5.59. The van der Waals surface area contributed by atoms with Gasteiger partial charge in [-0.2, -0.15) is 0 Å². The molecule has 0 amide bonds. The lowest BCUT2D eigenvalue weighted by Gasteiger charge is -2.53. The van der Waals surface area contributed by atoms with Gasteiger partial charge in [-0.15, -0.1) is 0 Å². The van der Waals surface area contributed by atoms with Gasteiger partial charge in [0.25, 0.3) is 0 Å². The van der Waals surface area contributed by atoms with Gasteiger partial charge in [0.1, 0.15) is 5.78 Å². The van der Waals surface area contributed by atoms with Crippen LogP contribution < -0.4 is 0 Å². The summed E-state index contributed by atoms with van der Waals surface area (Å²) in [5, 5.41) is 29.5. The first-order chi connectivity index (χ1) is 14.0. The number of carboxylic acid groups (broad SMARTS) is 1. The van der Waals surface area contributed by atoms with Crippen LogP contribution in [0.1, 0.15) is 73.1 Å². The minimum atomic E-state index is -1.06. The van der Waals surface area contributed by atoms with Gasteiger partial charge in [-0.05, 0) is 60.3 Å². The maximum atomic E-state index is 12.8. The molecule has 0 aliphatic heterocycles. The summed E-state index contributed by atoms with van der Waals surface area (Å²) in [6.45, 7) is 10.6. The Hall–Kier alpha value is -1.46. The maximum Gasteiger partial charge on any atom is 0.305 e. The van der Waals surface area contributed by atoms with Crippen molar-refractivity contribution in [3.05, 3.63) is 23.8 Å². The number of Topliss-reactive ketones (excluding diaryl/α,β-unsaturated/α-hetero) is 1. The standard InChI is InChI=1S/C25H40O5/c1-6-16(3)23(28)11-19-10-15(2)9-18-8-7-17(4)22(25(18,19)5)13-20(26)12-21(27)14-24(29)30/h7-9,15-17,19-22,26-27H,6,10-14H2,1-5H3,(H,29,30)/t15-,16+,17+,19?,20+,21-,22+,25-/m1/s1. The third-order valence-corrected chi connectivity index (χ3v) is 7.66. The Morgan fingerprint density at radius 3 is 2.50 bits per heavy atom. The van der Waals surface area contributed by atoms with E-state index >= 15 is 0 Å². The van der Waals surface area contributed by atoms with Crippen LogP contribution in [0.2, 0.25) is 0 Å². The summed E-state index contributed by atoms with van der Waals surface area (Å²) in [5.74, 6) is 0.286. The summed E-state index contributed by atoms with van der Waals surface area (Å²) in [6.07, 6.45) is 7.41. The molecule has 2 aliphatic rings. The van der Waals surface area contributed by atoms with Gasteiger partial charge >= 0.3 is 5.97 Å². The largest absolute Gasteiger partial charge is 0.481 e. The van der Waals surface area contributed by atoms with Crippen molar-refractivity contribution in [2.45, 2.75) is 85.4 Å². The lowest BCUT2D eigenvalue weighted by atomic mass is 9.51. The topological polar surface area (TPSA) is 94.8 Å². The number of ketones is 1. The van der Waals surface area contributed by atoms with E-state index < -0.39 is 18.2 Å². The minimum Gasteiger partial charge on any atom is -0.481 e. The SMILES string of the molecule is CC[C@H](C)C(=O)CC1C[C@H](C)C=C2C=C[C@H](C)[C@H](C[C@@H](O)C[C@@H](O)CC(=O)O)[C@]21C. The molecule has 0 heterocycles. The summed E-state index contributed by atoms with van der Waals surface area (Å²) in [5.41, 5.74) is 1.03. The van der Waals surface area contributed by atoms with Crippen LogP contribution in [-0.4, -0.2) is 39.3 Å². The van der Waals surface area contributed by atoms with Crippen LogP contribution in [0, 0.1) is 35.0 Å². The number of allylic oxidation sites excluding steroid dienone is 4. The van der Waals surface area contributed by atoms with Crippen LogP contribution >= 0.6 is 0 Å². The highest BCUT2D eigenvalue weighted by Crippen LogP contribution is 2.57. The van der Waals surface area contributed by atoms with Gasteiger partial charge < -0.3 is 15.3 Å². The summed E-state index contributed by atoms with van der Waals surface area (Å²) >= 11 is 0. The number of rotatable bonds is 10. The van der Waals surface area contributed by atoms with E-state index in [1.54, 1.807) is 0 Å². The van der Waals surface area contributed by atoms with E-state index in [4.69, 9.17) is 5.11 Å². The van der Waals surface area contributed by atoms with Crippen molar-refractivity contribution in [3.63, 3.8) is 0 Å². The van der Waals surface area contributed by atoms with E-state index in [1.165, 1.54) is 5.57 Å². The number of aliphatic hydroxyl groups is 2. The number of aliphatic carboxylic acids is 1. The highest BCUT2D eigenvalue weighted by Gasteiger charge is 2.50. The molecule has 0 aromatic rings. The summed E-state index contributed by atoms with van der Waals surface area (Å²) in [4.78, 5) is 23.7. The van der Waals surface area contributed by atoms with Crippen molar-refractivity contribution in [2.24, 2.45) is 35.0 Å². The monoisotopic (exact) mass is 420 g/mol. The number of aliphatic hydroxyl groups excluding tert-OH is 2. The molecule has 0 saturated heterocycles. The zero-order valence-corrected chi connectivity index (χ0v) is 19.2. The number of hydrogen-bond donors (Lipinski definition) is 3. The van der Waals surface area contributed by atoms with E-state index in [1.807, 2.05) is 13.8 Å². The molecule has 5 heteroatoms. The lowest BCUT2D eigenvalue weighted by molar-refractivity contribution is -0.139. The Morgan fingerprint density at radius 2 is 1.90 bits per heavy atom. The average Bonchev–Trinajstić information content (AvgIpc) is 2.64. The molecule has 0 saturated carbocycles. The maximum absolute atomic E-state index is 12.8. The Morgan fingerprint density at radius 1 is 1.23 bits per heavy atom. The normalized spacial score (nSPS) is 33.9. The number of carbonyl (C=O) groups excluding carboxylic acids is 1. The molecule has 0 fully saturated rings. The second-order valence-corrected chi connectivity index (χ2v) is 10.00. The van der Waals surface area contributed by atoms with Gasteiger partial charge in [0.05, 0.1) is 18.6 Å². The molecule has 3 N–H and O–H groups in total. The van der Waals surface area contributed by atoms with Crippen molar-refractivity contribution in [1.29, 1.82) is 0 Å². The molecule has 0 radical (unpaired) electrons. The first-order valence-corrected chi connectivity index (χ1v) is 11.5. The summed E-state index contributed by atoms with van der Waals surface area (Å²) < 4.78 is 0. The van der Waals surface area contributed by atoms with Crippen LogP contribution in [-0.2, 0) is 9.59 Å². The number of fused-ring (bicyclic) bond motifs is 1. The Bertz CT molecular complexity index is 681. The Kier molecular flexibility index (Phi) is 8.46.